The van der Waals surface area contributed by atoms with Gasteiger partial charge in [0.05, 0.1) is 32.7 Å². The van der Waals surface area contributed by atoms with Crippen LogP contribution in [0.25, 0.3) is 0 Å². The Morgan fingerprint density at radius 3 is 2.71 bits per heavy atom. The molecule has 24 heavy (non-hydrogen) atoms. The largest absolute Gasteiger partial charge is 1.00 e. The van der Waals surface area contributed by atoms with Crippen LogP contribution in [-0.4, -0.2) is 72.0 Å². The number of carbonyl (C=O) groups excluding carboxylic acids is 2. The molecule has 3 rings (SSSR count). The average Bonchev–Trinajstić information content (AvgIpc) is 2.99. The number of aromatic nitrogens is 1. The highest BCUT2D eigenvalue weighted by atomic mass is 35.5. The second-order valence-corrected chi connectivity index (χ2v) is 6.61. The average molecular weight is 353 g/mol. The summed E-state index contributed by atoms with van der Waals surface area (Å²) in [6, 6.07) is 5.76. The molecular weight excluding hydrogens is 328 g/mol. The van der Waals surface area contributed by atoms with E-state index >= 15 is 0 Å². The van der Waals surface area contributed by atoms with Gasteiger partial charge in [-0.3, -0.25) is 14.6 Å². The topological polar surface area (TPSA) is 62.3 Å². The lowest BCUT2D eigenvalue weighted by Crippen LogP contribution is -3.00. The SMILES string of the molecule is O=C(CN1CC[N+]2(CCCC2)CC1=O)NCCc1ccccn1.[Cl-]. The molecule has 0 atom stereocenters. The summed E-state index contributed by atoms with van der Waals surface area (Å²) in [4.78, 5) is 30.3. The summed E-state index contributed by atoms with van der Waals surface area (Å²) in [5, 5.41) is 2.88. The van der Waals surface area contributed by atoms with Crippen LogP contribution >= 0.6 is 0 Å². The summed E-state index contributed by atoms with van der Waals surface area (Å²) >= 11 is 0. The zero-order chi connectivity index (χ0) is 16.1. The molecule has 1 aromatic rings. The minimum absolute atomic E-state index is 0. The first kappa shape index (κ1) is 18.7. The van der Waals surface area contributed by atoms with Gasteiger partial charge in [-0.05, 0) is 12.1 Å². The fourth-order valence-electron chi connectivity index (χ4n) is 3.58. The predicted molar refractivity (Wildman–Crippen MR) is 86.5 cm³/mol. The zero-order valence-electron chi connectivity index (χ0n) is 13.9. The molecule has 0 unspecified atom stereocenters. The Labute approximate surface area is 149 Å². The third-order valence-corrected chi connectivity index (χ3v) is 4.95. The molecule has 2 aliphatic heterocycles. The van der Waals surface area contributed by atoms with E-state index in [1.165, 1.54) is 12.8 Å². The van der Waals surface area contributed by atoms with Gasteiger partial charge in [0.2, 0.25) is 5.91 Å². The maximum absolute atomic E-state index is 12.3. The van der Waals surface area contributed by atoms with Crippen molar-refractivity contribution in [3.8, 4) is 0 Å². The van der Waals surface area contributed by atoms with E-state index < -0.39 is 0 Å². The van der Waals surface area contributed by atoms with Crippen LogP contribution in [0.15, 0.2) is 24.4 Å². The van der Waals surface area contributed by atoms with Gasteiger partial charge in [0.25, 0.3) is 5.91 Å². The van der Waals surface area contributed by atoms with E-state index in [1.54, 1.807) is 11.1 Å². The van der Waals surface area contributed by atoms with Gasteiger partial charge in [0, 0.05) is 37.7 Å². The second kappa shape index (κ2) is 8.44. The molecule has 2 amide bonds. The smallest absolute Gasteiger partial charge is 0.278 e. The lowest BCUT2D eigenvalue weighted by Gasteiger charge is -2.41. The molecule has 2 saturated heterocycles. The fourth-order valence-corrected chi connectivity index (χ4v) is 3.58. The maximum atomic E-state index is 12.3. The van der Waals surface area contributed by atoms with Gasteiger partial charge in [-0.1, -0.05) is 6.07 Å². The molecule has 132 valence electrons. The summed E-state index contributed by atoms with van der Waals surface area (Å²) in [6.45, 7) is 5.24. The summed E-state index contributed by atoms with van der Waals surface area (Å²) in [7, 11) is 0. The molecule has 1 N–H and O–H groups in total. The number of carbonyl (C=O) groups is 2. The molecule has 0 bridgehead atoms. The highest BCUT2D eigenvalue weighted by Crippen LogP contribution is 2.22. The van der Waals surface area contributed by atoms with Gasteiger partial charge in [0.1, 0.15) is 0 Å². The molecule has 0 saturated carbocycles. The molecule has 1 spiro atoms. The minimum atomic E-state index is -0.0795. The third-order valence-electron chi connectivity index (χ3n) is 4.95. The highest BCUT2D eigenvalue weighted by Gasteiger charge is 2.40. The first-order valence-corrected chi connectivity index (χ1v) is 8.46. The lowest BCUT2D eigenvalue weighted by molar-refractivity contribution is -0.912. The third kappa shape index (κ3) is 4.68. The Morgan fingerprint density at radius 1 is 1.25 bits per heavy atom. The Balaban J connectivity index is 0.00000208. The van der Waals surface area contributed by atoms with Crippen molar-refractivity contribution in [2.24, 2.45) is 0 Å². The second-order valence-electron chi connectivity index (χ2n) is 6.61. The summed E-state index contributed by atoms with van der Waals surface area (Å²) in [6.07, 6.45) is 4.91. The Hall–Kier alpha value is -1.66. The van der Waals surface area contributed by atoms with E-state index in [0.717, 1.165) is 29.8 Å². The number of piperazine rings is 1. The van der Waals surface area contributed by atoms with E-state index in [0.29, 0.717) is 26.1 Å². The van der Waals surface area contributed by atoms with Crippen molar-refractivity contribution in [1.82, 2.24) is 15.2 Å². The Morgan fingerprint density at radius 2 is 2.04 bits per heavy atom. The van der Waals surface area contributed by atoms with Crippen molar-refractivity contribution in [3.63, 3.8) is 0 Å². The van der Waals surface area contributed by atoms with Crippen LogP contribution in [0.4, 0.5) is 0 Å². The fraction of sp³-hybridized carbons (Fsp3) is 0.588. The molecule has 6 nitrogen and oxygen atoms in total. The molecule has 0 aliphatic carbocycles. The maximum Gasteiger partial charge on any atom is 0.278 e. The van der Waals surface area contributed by atoms with E-state index in [9.17, 15) is 9.59 Å². The van der Waals surface area contributed by atoms with Crippen LogP contribution in [0.1, 0.15) is 18.5 Å². The first-order chi connectivity index (χ1) is 11.2. The summed E-state index contributed by atoms with van der Waals surface area (Å²) < 4.78 is 0.941. The van der Waals surface area contributed by atoms with Crippen LogP contribution in [0.5, 0.6) is 0 Å². The standard InChI is InChI=1S/C17H24N4O2.ClH/c22-16(19-8-6-15-5-1-2-7-18-15)13-20-9-12-21(14-17(20)23)10-3-4-11-21;/h1-2,5,7H,3-4,6,8-14H2;1H. The summed E-state index contributed by atoms with van der Waals surface area (Å²) in [5.41, 5.74) is 0.960. The van der Waals surface area contributed by atoms with Crippen LogP contribution in [0, 0.1) is 0 Å². The van der Waals surface area contributed by atoms with Gasteiger partial charge in [-0.15, -0.1) is 0 Å². The van der Waals surface area contributed by atoms with E-state index in [4.69, 9.17) is 0 Å². The number of nitrogens with one attached hydrogen (secondary N) is 1. The predicted octanol–water partition coefficient (Wildman–Crippen LogP) is -2.80. The number of hydrogen-bond donors (Lipinski definition) is 1. The van der Waals surface area contributed by atoms with Crippen molar-refractivity contribution in [2.75, 3.05) is 45.8 Å². The highest BCUT2D eigenvalue weighted by molar-refractivity contribution is 5.85. The van der Waals surface area contributed by atoms with Crippen molar-refractivity contribution >= 4 is 11.8 Å². The van der Waals surface area contributed by atoms with Gasteiger partial charge >= 0.3 is 0 Å². The molecule has 0 radical (unpaired) electrons. The zero-order valence-corrected chi connectivity index (χ0v) is 14.7. The monoisotopic (exact) mass is 352 g/mol. The molecule has 0 aromatic carbocycles. The number of nitrogens with zero attached hydrogens (tertiary/aromatic N) is 3. The van der Waals surface area contributed by atoms with Crippen molar-refractivity contribution < 1.29 is 26.5 Å². The lowest BCUT2D eigenvalue weighted by atomic mass is 10.2. The number of amides is 2. The number of halogens is 1. The number of pyridine rings is 1. The molecule has 7 heteroatoms. The van der Waals surface area contributed by atoms with Crippen molar-refractivity contribution in [3.05, 3.63) is 30.1 Å². The quantitative estimate of drug-likeness (QED) is 0.582. The molecular formula is C17H25ClN4O2. The van der Waals surface area contributed by atoms with Gasteiger partial charge in [0.15, 0.2) is 6.54 Å². The number of quaternary nitrogens is 1. The molecule has 2 aliphatic rings. The van der Waals surface area contributed by atoms with Crippen molar-refractivity contribution in [2.45, 2.75) is 19.3 Å². The Bertz CT molecular complexity index is 561. The van der Waals surface area contributed by atoms with Crippen LogP contribution in [0.2, 0.25) is 0 Å². The first-order valence-electron chi connectivity index (χ1n) is 8.46. The van der Waals surface area contributed by atoms with Crippen LogP contribution in [0.3, 0.4) is 0 Å². The van der Waals surface area contributed by atoms with Crippen molar-refractivity contribution in [1.29, 1.82) is 0 Å². The van der Waals surface area contributed by atoms with Gasteiger partial charge in [-0.2, -0.15) is 0 Å². The van der Waals surface area contributed by atoms with Gasteiger partial charge < -0.3 is 27.1 Å². The molecule has 3 heterocycles. The molecule has 1 aromatic heterocycles. The Kier molecular flexibility index (Phi) is 6.57. The van der Waals surface area contributed by atoms with E-state index in [1.807, 2.05) is 18.2 Å². The van der Waals surface area contributed by atoms with Gasteiger partial charge in [-0.25, -0.2) is 0 Å². The van der Waals surface area contributed by atoms with E-state index in [-0.39, 0.29) is 30.8 Å². The van der Waals surface area contributed by atoms with Crippen LogP contribution in [-0.2, 0) is 16.0 Å². The summed E-state index contributed by atoms with van der Waals surface area (Å²) in [5.74, 6) is 0.0437. The van der Waals surface area contributed by atoms with Crippen LogP contribution < -0.4 is 17.7 Å². The number of hydrogen-bond acceptors (Lipinski definition) is 3. The number of rotatable bonds is 5. The normalized spacial score (nSPS) is 19.2. The molecule has 2 fully saturated rings. The van der Waals surface area contributed by atoms with E-state index in [2.05, 4.69) is 10.3 Å². The minimum Gasteiger partial charge on any atom is -1.00 e.